The first-order chi connectivity index (χ1) is 8.95. The summed E-state index contributed by atoms with van der Waals surface area (Å²) in [6.45, 7) is 0.373. The predicted molar refractivity (Wildman–Crippen MR) is 71.1 cm³/mol. The number of hydrogen-bond acceptors (Lipinski definition) is 4. The molecule has 19 heavy (non-hydrogen) atoms. The molecular formula is C12H20N2O4S. The number of nitrogens with one attached hydrogen (secondary N) is 1. The number of methoxy groups -OCH3 is 1. The van der Waals surface area contributed by atoms with Gasteiger partial charge in [0.2, 0.25) is 10.0 Å². The van der Waals surface area contributed by atoms with E-state index in [0.29, 0.717) is 25.8 Å². The van der Waals surface area contributed by atoms with Crippen LogP contribution in [0, 0.1) is 0 Å². The number of aromatic nitrogens is 1. The lowest BCUT2D eigenvalue weighted by Crippen LogP contribution is -2.24. The maximum absolute atomic E-state index is 11.8. The molecule has 6 nitrogen and oxygen atoms in total. The highest BCUT2D eigenvalue weighted by atomic mass is 32.2. The molecule has 0 aromatic carbocycles. The summed E-state index contributed by atoms with van der Waals surface area (Å²) in [7, 11) is -0.283. The van der Waals surface area contributed by atoms with Crippen LogP contribution in [0.1, 0.15) is 25.7 Å². The third kappa shape index (κ3) is 5.44. The van der Waals surface area contributed by atoms with Gasteiger partial charge in [-0.1, -0.05) is 6.42 Å². The minimum absolute atomic E-state index is 0.232. The molecule has 7 heteroatoms. The zero-order valence-electron chi connectivity index (χ0n) is 11.3. The van der Waals surface area contributed by atoms with Crippen molar-refractivity contribution in [3.63, 3.8) is 0 Å². The van der Waals surface area contributed by atoms with Crippen LogP contribution in [0.25, 0.3) is 0 Å². The van der Waals surface area contributed by atoms with Gasteiger partial charge >= 0.3 is 5.97 Å². The normalized spacial score (nSPS) is 11.5. The van der Waals surface area contributed by atoms with Crippen LogP contribution in [0.2, 0.25) is 0 Å². The largest absolute Gasteiger partial charge is 0.469 e. The van der Waals surface area contributed by atoms with E-state index in [9.17, 15) is 13.2 Å². The molecule has 0 saturated carbocycles. The van der Waals surface area contributed by atoms with Crippen molar-refractivity contribution in [2.75, 3.05) is 13.7 Å². The highest BCUT2D eigenvalue weighted by Crippen LogP contribution is 2.08. The molecule has 0 aliphatic heterocycles. The van der Waals surface area contributed by atoms with Crippen molar-refractivity contribution in [1.29, 1.82) is 0 Å². The minimum Gasteiger partial charge on any atom is -0.469 e. The van der Waals surface area contributed by atoms with E-state index in [4.69, 9.17) is 0 Å². The van der Waals surface area contributed by atoms with Gasteiger partial charge in [0, 0.05) is 32.4 Å². The van der Waals surface area contributed by atoms with Crippen LogP contribution in [0.4, 0.5) is 0 Å². The standard InChI is InChI=1S/C12H20N2O4S/c1-14-9-7-11(10-14)19(16,17)13-8-5-3-4-6-12(15)18-2/h7,9-10,13H,3-6,8H2,1-2H3. The lowest BCUT2D eigenvalue weighted by Gasteiger charge is -2.04. The van der Waals surface area contributed by atoms with Crippen LogP contribution < -0.4 is 4.72 Å². The average molecular weight is 288 g/mol. The number of hydrogen-bond donors (Lipinski definition) is 1. The van der Waals surface area contributed by atoms with Crippen molar-refractivity contribution in [2.24, 2.45) is 7.05 Å². The number of carbonyl (C=O) groups excluding carboxylic acids is 1. The summed E-state index contributed by atoms with van der Waals surface area (Å²) in [6.07, 6.45) is 5.81. The summed E-state index contributed by atoms with van der Waals surface area (Å²) in [5, 5.41) is 0. The molecule has 1 rings (SSSR count). The Morgan fingerprint density at radius 3 is 2.68 bits per heavy atom. The van der Waals surface area contributed by atoms with E-state index < -0.39 is 10.0 Å². The third-order valence-electron chi connectivity index (χ3n) is 2.69. The number of ether oxygens (including phenoxy) is 1. The molecule has 0 spiro atoms. The van der Waals surface area contributed by atoms with E-state index in [2.05, 4.69) is 9.46 Å². The lowest BCUT2D eigenvalue weighted by atomic mass is 10.2. The molecule has 0 amide bonds. The maximum atomic E-state index is 11.8. The summed E-state index contributed by atoms with van der Waals surface area (Å²) < 4.78 is 32.4. The van der Waals surface area contributed by atoms with E-state index in [0.717, 1.165) is 6.42 Å². The Kier molecular flexibility index (Phi) is 6.04. The summed E-state index contributed by atoms with van der Waals surface area (Å²) in [4.78, 5) is 11.1. The number of aryl methyl sites for hydroxylation is 1. The Morgan fingerprint density at radius 2 is 2.11 bits per heavy atom. The number of carbonyl (C=O) groups is 1. The topological polar surface area (TPSA) is 77.4 Å². The highest BCUT2D eigenvalue weighted by Gasteiger charge is 2.13. The molecule has 0 aliphatic rings. The van der Waals surface area contributed by atoms with Crippen LogP contribution in [0.15, 0.2) is 23.4 Å². The van der Waals surface area contributed by atoms with E-state index in [1.54, 1.807) is 30.1 Å². The van der Waals surface area contributed by atoms with Crippen molar-refractivity contribution in [1.82, 2.24) is 9.29 Å². The first kappa shape index (κ1) is 15.7. The van der Waals surface area contributed by atoms with E-state index in [1.807, 2.05) is 0 Å². The van der Waals surface area contributed by atoms with Crippen molar-refractivity contribution in [3.8, 4) is 0 Å². The van der Waals surface area contributed by atoms with Gasteiger partial charge in [-0.3, -0.25) is 4.79 Å². The van der Waals surface area contributed by atoms with Gasteiger partial charge in [-0.15, -0.1) is 0 Å². The molecule has 0 atom stereocenters. The zero-order valence-corrected chi connectivity index (χ0v) is 12.1. The second-order valence-corrected chi connectivity index (χ2v) is 6.06. The fraction of sp³-hybridized carbons (Fsp3) is 0.583. The van der Waals surface area contributed by atoms with Crippen molar-refractivity contribution in [2.45, 2.75) is 30.6 Å². The molecular weight excluding hydrogens is 268 g/mol. The third-order valence-corrected chi connectivity index (χ3v) is 4.14. The van der Waals surface area contributed by atoms with Crippen LogP contribution in [-0.4, -0.2) is 32.6 Å². The number of esters is 1. The molecule has 0 radical (unpaired) electrons. The van der Waals surface area contributed by atoms with Gasteiger partial charge < -0.3 is 9.30 Å². The molecule has 0 saturated heterocycles. The Labute approximate surface area is 113 Å². The lowest BCUT2D eigenvalue weighted by molar-refractivity contribution is -0.140. The first-order valence-electron chi connectivity index (χ1n) is 6.14. The molecule has 0 aliphatic carbocycles. The van der Waals surface area contributed by atoms with Gasteiger partial charge in [-0.05, 0) is 18.9 Å². The Balaban J connectivity index is 2.24. The minimum atomic E-state index is -3.41. The molecule has 1 heterocycles. The average Bonchev–Trinajstić information content (AvgIpc) is 2.80. The van der Waals surface area contributed by atoms with Gasteiger partial charge in [0.1, 0.15) is 0 Å². The van der Waals surface area contributed by atoms with E-state index in [1.165, 1.54) is 7.11 Å². The summed E-state index contributed by atoms with van der Waals surface area (Å²) in [5.74, 6) is -0.232. The second kappa shape index (κ2) is 7.30. The van der Waals surface area contributed by atoms with Crippen LogP contribution in [0.5, 0.6) is 0 Å². The molecule has 1 aromatic rings. The zero-order chi connectivity index (χ0) is 14.3. The van der Waals surface area contributed by atoms with Gasteiger partial charge in [0.15, 0.2) is 0 Å². The number of unbranched alkanes of at least 4 members (excludes halogenated alkanes) is 2. The molecule has 0 bridgehead atoms. The van der Waals surface area contributed by atoms with Gasteiger partial charge in [-0.2, -0.15) is 0 Å². The Hall–Kier alpha value is -1.34. The van der Waals surface area contributed by atoms with Gasteiger partial charge in [-0.25, -0.2) is 13.1 Å². The number of nitrogens with zero attached hydrogens (tertiary/aromatic N) is 1. The predicted octanol–water partition coefficient (Wildman–Crippen LogP) is 1.04. The Morgan fingerprint density at radius 1 is 1.37 bits per heavy atom. The molecule has 108 valence electrons. The first-order valence-corrected chi connectivity index (χ1v) is 7.62. The molecule has 0 unspecified atom stereocenters. The fourth-order valence-corrected chi connectivity index (χ4v) is 2.72. The number of sulfonamides is 1. The SMILES string of the molecule is COC(=O)CCCCCNS(=O)(=O)c1ccn(C)c1. The van der Waals surface area contributed by atoms with Crippen LogP contribution in [-0.2, 0) is 26.6 Å². The number of rotatable bonds is 8. The fourth-order valence-electron chi connectivity index (χ4n) is 1.60. The Bertz CT molecular complexity index is 508. The van der Waals surface area contributed by atoms with E-state index >= 15 is 0 Å². The van der Waals surface area contributed by atoms with E-state index in [-0.39, 0.29) is 10.9 Å². The van der Waals surface area contributed by atoms with Crippen LogP contribution >= 0.6 is 0 Å². The molecule has 0 fully saturated rings. The van der Waals surface area contributed by atoms with Crippen molar-refractivity contribution in [3.05, 3.63) is 18.5 Å². The van der Waals surface area contributed by atoms with Crippen molar-refractivity contribution < 1.29 is 17.9 Å². The second-order valence-electron chi connectivity index (χ2n) is 4.30. The smallest absolute Gasteiger partial charge is 0.305 e. The van der Waals surface area contributed by atoms with Crippen molar-refractivity contribution >= 4 is 16.0 Å². The van der Waals surface area contributed by atoms with Crippen LogP contribution in [0.3, 0.4) is 0 Å². The van der Waals surface area contributed by atoms with Gasteiger partial charge in [0.05, 0.1) is 12.0 Å². The summed E-state index contributed by atoms with van der Waals surface area (Å²) in [5.41, 5.74) is 0. The quantitative estimate of drug-likeness (QED) is 0.572. The van der Waals surface area contributed by atoms with Gasteiger partial charge in [0.25, 0.3) is 0 Å². The summed E-state index contributed by atoms with van der Waals surface area (Å²) in [6, 6.07) is 1.56. The molecule has 1 aromatic heterocycles. The monoisotopic (exact) mass is 288 g/mol. The summed E-state index contributed by atoms with van der Waals surface area (Å²) >= 11 is 0. The maximum Gasteiger partial charge on any atom is 0.305 e. The highest BCUT2D eigenvalue weighted by molar-refractivity contribution is 7.89. The molecule has 1 N–H and O–H groups in total.